The first-order valence-corrected chi connectivity index (χ1v) is 12.8. The van der Waals surface area contributed by atoms with E-state index in [1.54, 1.807) is 31.4 Å². The Morgan fingerprint density at radius 3 is 2.34 bits per heavy atom. The highest BCUT2D eigenvalue weighted by molar-refractivity contribution is 5.98. The van der Waals surface area contributed by atoms with Crippen LogP contribution in [0.5, 0.6) is 11.5 Å². The number of carbonyl (C=O) groups is 2. The van der Waals surface area contributed by atoms with Crippen LogP contribution in [0, 0.1) is 5.92 Å². The van der Waals surface area contributed by atoms with E-state index in [1.165, 1.54) is 0 Å². The van der Waals surface area contributed by atoms with Crippen molar-refractivity contribution in [2.45, 2.75) is 40.2 Å². The number of benzene rings is 3. The predicted molar refractivity (Wildman–Crippen MR) is 149 cm³/mol. The van der Waals surface area contributed by atoms with Gasteiger partial charge >= 0.3 is 5.97 Å². The van der Waals surface area contributed by atoms with Crippen molar-refractivity contribution in [1.82, 2.24) is 5.32 Å². The normalized spacial score (nSPS) is 11.4. The van der Waals surface area contributed by atoms with E-state index < -0.39 is 17.9 Å². The molecule has 3 aromatic carbocycles. The third kappa shape index (κ3) is 7.16. The monoisotopic (exact) mass is 517 g/mol. The minimum atomic E-state index is -1.13. The highest BCUT2D eigenvalue weighted by Crippen LogP contribution is 2.30. The van der Waals surface area contributed by atoms with Crippen molar-refractivity contribution in [2.24, 2.45) is 5.92 Å². The van der Waals surface area contributed by atoms with Crippen LogP contribution in [-0.4, -0.2) is 36.7 Å². The molecule has 0 saturated carbocycles. The van der Waals surface area contributed by atoms with E-state index in [1.807, 2.05) is 62.4 Å². The number of hydrogen-bond donors (Lipinski definition) is 2. The molecule has 38 heavy (non-hydrogen) atoms. The van der Waals surface area contributed by atoms with Crippen LogP contribution in [0.15, 0.2) is 77.2 Å². The lowest BCUT2D eigenvalue weighted by molar-refractivity contribution is -0.139. The first-order chi connectivity index (χ1) is 18.3. The number of carboxylic acid groups (broad SMARTS) is 1. The van der Waals surface area contributed by atoms with Gasteiger partial charge in [0, 0.05) is 17.4 Å². The Morgan fingerprint density at radius 1 is 0.974 bits per heavy atom. The summed E-state index contributed by atoms with van der Waals surface area (Å²) in [6.07, 6.45) is 0.126. The number of nitrogens with one attached hydrogen (secondary N) is 1. The summed E-state index contributed by atoms with van der Waals surface area (Å²) in [7, 11) is 1.55. The fraction of sp³-hybridized carbons (Fsp3) is 0.290. The summed E-state index contributed by atoms with van der Waals surface area (Å²) in [5.41, 5.74) is 3.23. The number of rotatable bonds is 10. The van der Waals surface area contributed by atoms with Crippen molar-refractivity contribution >= 4 is 22.8 Å². The number of carboxylic acids is 1. The third-order valence-corrected chi connectivity index (χ3v) is 5.71. The molecule has 0 aliphatic rings. The second-order valence-electron chi connectivity index (χ2n) is 8.98. The molecule has 0 aliphatic heterocycles. The van der Waals surface area contributed by atoms with E-state index in [4.69, 9.17) is 13.9 Å². The van der Waals surface area contributed by atoms with Crippen LogP contribution in [0.2, 0.25) is 0 Å². The first kappa shape index (κ1) is 28.3. The van der Waals surface area contributed by atoms with Gasteiger partial charge in [-0.1, -0.05) is 70.2 Å². The fourth-order valence-electron chi connectivity index (χ4n) is 3.83. The van der Waals surface area contributed by atoms with Crippen molar-refractivity contribution in [3.8, 4) is 22.6 Å². The fourth-order valence-corrected chi connectivity index (χ4v) is 3.83. The van der Waals surface area contributed by atoms with E-state index in [0.29, 0.717) is 29.2 Å². The Kier molecular flexibility index (Phi) is 9.93. The quantitative estimate of drug-likeness (QED) is 0.246. The molecule has 0 bridgehead atoms. The number of hydrogen-bond acceptors (Lipinski definition) is 5. The zero-order valence-corrected chi connectivity index (χ0v) is 22.5. The van der Waals surface area contributed by atoms with Crippen LogP contribution in [0.3, 0.4) is 0 Å². The molecular formula is C31H35NO6. The average Bonchev–Trinajstić information content (AvgIpc) is 3.37. The second kappa shape index (κ2) is 13.3. The molecule has 1 heterocycles. The molecule has 4 aromatic rings. The molecule has 0 radical (unpaired) electrons. The lowest BCUT2D eigenvalue weighted by atomic mass is 10.00. The van der Waals surface area contributed by atoms with Gasteiger partial charge in [-0.05, 0) is 47.4 Å². The summed E-state index contributed by atoms with van der Waals surface area (Å²) in [5, 5.41) is 13.0. The van der Waals surface area contributed by atoms with Crippen molar-refractivity contribution in [3.05, 3.63) is 84.1 Å². The number of para-hydroxylation sites is 1. The van der Waals surface area contributed by atoms with E-state index in [2.05, 4.69) is 19.2 Å². The molecule has 4 rings (SSSR count). The summed E-state index contributed by atoms with van der Waals surface area (Å²) in [6, 6.07) is 21.0. The number of carbonyl (C=O) groups excluding carboxylic acids is 1. The smallest absolute Gasteiger partial charge is 0.326 e. The summed E-state index contributed by atoms with van der Waals surface area (Å²) in [4.78, 5) is 24.7. The van der Waals surface area contributed by atoms with Crippen molar-refractivity contribution < 1.29 is 28.6 Å². The van der Waals surface area contributed by atoms with Gasteiger partial charge in [0.25, 0.3) is 5.91 Å². The number of amides is 1. The summed E-state index contributed by atoms with van der Waals surface area (Å²) in [5.74, 6) is 0.168. The van der Waals surface area contributed by atoms with Crippen molar-refractivity contribution in [1.29, 1.82) is 0 Å². The minimum absolute atomic E-state index is 0.0397. The maximum Gasteiger partial charge on any atom is 0.326 e. The molecule has 200 valence electrons. The maximum absolute atomic E-state index is 12.7. The molecular weight excluding hydrogens is 482 g/mol. The van der Waals surface area contributed by atoms with Crippen LogP contribution in [0.25, 0.3) is 22.1 Å². The van der Waals surface area contributed by atoms with E-state index in [9.17, 15) is 14.7 Å². The summed E-state index contributed by atoms with van der Waals surface area (Å²) >= 11 is 0. The average molecular weight is 518 g/mol. The zero-order valence-electron chi connectivity index (χ0n) is 22.5. The number of ether oxygens (including phenoxy) is 2. The lowest BCUT2D eigenvalue weighted by Gasteiger charge is -2.15. The number of aliphatic carboxylic acids is 1. The standard InChI is InChI=1S/C29H29NO6.C2H6/c1-18(2)17-35-26-7-5-4-6-23(26)20-10-8-19(9-11-20)14-24(29(32)33)30-28(31)27-16-21-15-22(34-3)12-13-25(21)36-27;1-2/h4-13,15-16,18,24H,14,17H2,1-3H3,(H,30,31)(H,32,33);1-2H3. The topological polar surface area (TPSA) is 98.0 Å². The summed E-state index contributed by atoms with van der Waals surface area (Å²) in [6.45, 7) is 8.81. The van der Waals surface area contributed by atoms with Gasteiger partial charge in [0.1, 0.15) is 23.1 Å². The predicted octanol–water partition coefficient (Wildman–Crippen LogP) is 6.60. The Labute approximate surface area is 223 Å². The Hall–Kier alpha value is -4.26. The highest BCUT2D eigenvalue weighted by atomic mass is 16.5. The van der Waals surface area contributed by atoms with Crippen LogP contribution in [-0.2, 0) is 11.2 Å². The molecule has 1 amide bonds. The van der Waals surface area contributed by atoms with E-state index in [0.717, 1.165) is 22.4 Å². The molecule has 0 saturated heterocycles. The van der Waals surface area contributed by atoms with E-state index in [-0.39, 0.29) is 12.2 Å². The SMILES string of the molecule is CC.COc1ccc2oc(C(=O)NC(Cc3ccc(-c4ccccc4OCC(C)C)cc3)C(=O)O)cc2c1. The number of methoxy groups -OCH3 is 1. The number of furan rings is 1. The highest BCUT2D eigenvalue weighted by Gasteiger charge is 2.23. The van der Waals surface area contributed by atoms with Crippen LogP contribution < -0.4 is 14.8 Å². The maximum atomic E-state index is 12.7. The van der Waals surface area contributed by atoms with Crippen LogP contribution in [0.1, 0.15) is 43.8 Å². The first-order valence-electron chi connectivity index (χ1n) is 12.8. The van der Waals surface area contributed by atoms with Gasteiger partial charge in [-0.15, -0.1) is 0 Å². The van der Waals surface area contributed by atoms with Gasteiger partial charge in [-0.25, -0.2) is 4.79 Å². The summed E-state index contributed by atoms with van der Waals surface area (Å²) < 4.78 is 16.7. The minimum Gasteiger partial charge on any atom is -0.497 e. The van der Waals surface area contributed by atoms with Gasteiger partial charge in [-0.2, -0.15) is 0 Å². The molecule has 7 heteroatoms. The molecule has 1 unspecified atom stereocenters. The lowest BCUT2D eigenvalue weighted by Crippen LogP contribution is -2.42. The Balaban J connectivity index is 0.00000195. The van der Waals surface area contributed by atoms with Gasteiger partial charge < -0.3 is 24.3 Å². The Bertz CT molecular complexity index is 1360. The number of fused-ring (bicyclic) bond motifs is 1. The van der Waals surface area contributed by atoms with Crippen molar-refractivity contribution in [2.75, 3.05) is 13.7 Å². The molecule has 1 atom stereocenters. The van der Waals surface area contributed by atoms with Gasteiger partial charge in [0.2, 0.25) is 0 Å². The van der Waals surface area contributed by atoms with Crippen LogP contribution >= 0.6 is 0 Å². The van der Waals surface area contributed by atoms with Crippen LogP contribution in [0.4, 0.5) is 0 Å². The largest absolute Gasteiger partial charge is 0.497 e. The second-order valence-corrected chi connectivity index (χ2v) is 8.98. The molecule has 7 nitrogen and oxygen atoms in total. The molecule has 0 fully saturated rings. The Morgan fingerprint density at radius 2 is 1.68 bits per heavy atom. The zero-order chi connectivity index (χ0) is 27.7. The van der Waals surface area contributed by atoms with Gasteiger partial charge in [0.15, 0.2) is 5.76 Å². The van der Waals surface area contributed by atoms with Gasteiger partial charge in [-0.3, -0.25) is 4.79 Å². The molecule has 1 aromatic heterocycles. The van der Waals surface area contributed by atoms with Gasteiger partial charge in [0.05, 0.1) is 13.7 Å². The van der Waals surface area contributed by atoms with E-state index >= 15 is 0 Å². The molecule has 0 aliphatic carbocycles. The molecule has 0 spiro atoms. The van der Waals surface area contributed by atoms with Crippen molar-refractivity contribution in [3.63, 3.8) is 0 Å². The molecule has 2 N–H and O–H groups in total. The third-order valence-electron chi connectivity index (χ3n) is 5.71.